The summed E-state index contributed by atoms with van der Waals surface area (Å²) >= 11 is 1.98. The topological polar surface area (TPSA) is 12.0 Å². The highest BCUT2D eigenvalue weighted by Gasteiger charge is 2.20. The number of unbranched alkanes of at least 4 members (excludes halogenated alkanes) is 1. The largest absolute Gasteiger partial charge is 0.300 e. The van der Waals surface area contributed by atoms with Crippen molar-refractivity contribution in [3.63, 3.8) is 0 Å². The molecular formula is C25H29NS. The van der Waals surface area contributed by atoms with E-state index in [0.717, 1.165) is 0 Å². The Hall–Kier alpha value is -2.03. The number of rotatable bonds is 9. The van der Waals surface area contributed by atoms with E-state index in [1.54, 1.807) is 0 Å². The highest BCUT2D eigenvalue weighted by molar-refractivity contribution is 7.99. The van der Waals surface area contributed by atoms with Crippen LogP contribution in [0.2, 0.25) is 0 Å². The Kier molecular flexibility index (Phi) is 7.55. The molecule has 0 aliphatic heterocycles. The van der Waals surface area contributed by atoms with E-state index in [4.69, 9.17) is 0 Å². The molecule has 0 aliphatic rings. The van der Waals surface area contributed by atoms with Crippen LogP contribution in [0.3, 0.4) is 0 Å². The summed E-state index contributed by atoms with van der Waals surface area (Å²) in [6, 6.07) is 30.8. The maximum Gasteiger partial charge on any atom is 0.0592 e. The Balaban J connectivity index is 1.91. The Morgan fingerprint density at radius 3 is 2.04 bits per heavy atom. The summed E-state index contributed by atoms with van der Waals surface area (Å²) in [7, 11) is 0. The van der Waals surface area contributed by atoms with E-state index in [0.29, 0.717) is 0 Å². The molecular weight excluding hydrogens is 346 g/mol. The van der Waals surface area contributed by atoms with E-state index in [1.807, 2.05) is 11.8 Å². The fourth-order valence-corrected chi connectivity index (χ4v) is 4.46. The van der Waals surface area contributed by atoms with E-state index in [1.165, 1.54) is 40.2 Å². The van der Waals surface area contributed by atoms with Crippen molar-refractivity contribution in [2.75, 3.05) is 5.75 Å². The van der Waals surface area contributed by atoms with E-state index in [9.17, 15) is 0 Å². The van der Waals surface area contributed by atoms with Crippen molar-refractivity contribution in [2.24, 2.45) is 0 Å². The van der Waals surface area contributed by atoms with Gasteiger partial charge in [-0.3, -0.25) is 5.32 Å². The van der Waals surface area contributed by atoms with Gasteiger partial charge in [0.25, 0.3) is 0 Å². The quantitative estimate of drug-likeness (QED) is 0.318. The molecule has 1 N–H and O–H groups in total. The van der Waals surface area contributed by atoms with E-state index in [-0.39, 0.29) is 12.1 Å². The molecule has 0 aliphatic carbocycles. The molecule has 2 heteroatoms. The monoisotopic (exact) mass is 375 g/mol. The smallest absolute Gasteiger partial charge is 0.0592 e. The molecule has 0 saturated heterocycles. The molecule has 0 spiro atoms. The minimum atomic E-state index is 0.173. The van der Waals surface area contributed by atoms with Crippen molar-refractivity contribution >= 4 is 11.8 Å². The van der Waals surface area contributed by atoms with Crippen LogP contribution in [0.1, 0.15) is 55.5 Å². The van der Waals surface area contributed by atoms with Crippen LogP contribution in [-0.2, 0) is 0 Å². The molecule has 2 atom stereocenters. The number of hydrogen-bond acceptors (Lipinski definition) is 2. The molecule has 1 unspecified atom stereocenters. The van der Waals surface area contributed by atoms with Gasteiger partial charge in [-0.15, -0.1) is 11.8 Å². The first-order valence-corrected chi connectivity index (χ1v) is 10.9. The molecule has 3 rings (SSSR count). The van der Waals surface area contributed by atoms with Crippen LogP contribution < -0.4 is 5.32 Å². The molecule has 3 aromatic rings. The van der Waals surface area contributed by atoms with Crippen LogP contribution in [0.25, 0.3) is 0 Å². The summed E-state index contributed by atoms with van der Waals surface area (Å²) in [5, 5.41) is 3.88. The van der Waals surface area contributed by atoms with Crippen molar-refractivity contribution in [3.8, 4) is 0 Å². The molecule has 27 heavy (non-hydrogen) atoms. The molecule has 0 aromatic heterocycles. The van der Waals surface area contributed by atoms with E-state index in [2.05, 4.69) is 104 Å². The summed E-state index contributed by atoms with van der Waals surface area (Å²) < 4.78 is 0. The zero-order valence-corrected chi connectivity index (χ0v) is 17.1. The van der Waals surface area contributed by atoms with Gasteiger partial charge in [-0.25, -0.2) is 0 Å². The van der Waals surface area contributed by atoms with Gasteiger partial charge in [-0.05, 0) is 41.9 Å². The van der Waals surface area contributed by atoms with Gasteiger partial charge in [0.05, 0.1) is 6.04 Å². The molecule has 140 valence electrons. The SMILES string of the molecule is CCCCSc1ccccc1C(N[C@H](C)c1ccccc1)c1ccccc1. The highest BCUT2D eigenvalue weighted by Crippen LogP contribution is 2.33. The first-order chi connectivity index (χ1) is 13.3. The van der Waals surface area contributed by atoms with E-state index < -0.39 is 0 Å². The summed E-state index contributed by atoms with van der Waals surface area (Å²) in [6.07, 6.45) is 2.49. The van der Waals surface area contributed by atoms with Gasteiger partial charge in [-0.2, -0.15) is 0 Å². The molecule has 1 nitrogen and oxygen atoms in total. The van der Waals surface area contributed by atoms with Crippen LogP contribution >= 0.6 is 11.8 Å². The predicted octanol–water partition coefficient (Wildman–Crippen LogP) is 7.02. The lowest BCUT2D eigenvalue weighted by Crippen LogP contribution is -2.26. The van der Waals surface area contributed by atoms with Crippen molar-refractivity contribution in [1.29, 1.82) is 0 Å². The molecule has 0 amide bonds. The van der Waals surface area contributed by atoms with E-state index >= 15 is 0 Å². The molecule has 0 heterocycles. The number of benzene rings is 3. The third kappa shape index (κ3) is 5.47. The average molecular weight is 376 g/mol. The molecule has 3 aromatic carbocycles. The van der Waals surface area contributed by atoms with Gasteiger partial charge < -0.3 is 0 Å². The zero-order chi connectivity index (χ0) is 18.9. The lowest BCUT2D eigenvalue weighted by atomic mass is 9.96. The maximum atomic E-state index is 3.88. The standard InChI is InChI=1S/C25H29NS/c1-3-4-19-27-24-18-12-11-17-23(24)25(22-15-9-6-10-16-22)26-20(2)21-13-7-5-8-14-21/h5-18,20,25-26H,3-4,19H2,1-2H3/t20-,25?/m1/s1. The van der Waals surface area contributed by atoms with Gasteiger partial charge in [0.2, 0.25) is 0 Å². The molecule has 0 bridgehead atoms. The summed E-state index contributed by atoms with van der Waals surface area (Å²) in [4.78, 5) is 1.38. The van der Waals surface area contributed by atoms with Crippen molar-refractivity contribution in [3.05, 3.63) is 102 Å². The van der Waals surface area contributed by atoms with Gasteiger partial charge in [0.15, 0.2) is 0 Å². The van der Waals surface area contributed by atoms with Crippen LogP contribution in [-0.4, -0.2) is 5.75 Å². The Morgan fingerprint density at radius 2 is 1.37 bits per heavy atom. The van der Waals surface area contributed by atoms with Crippen LogP contribution in [0.15, 0.2) is 89.8 Å². The summed E-state index contributed by atoms with van der Waals surface area (Å²) in [5.41, 5.74) is 3.99. The van der Waals surface area contributed by atoms with Gasteiger partial charge >= 0.3 is 0 Å². The number of thioether (sulfide) groups is 1. The third-order valence-electron chi connectivity index (χ3n) is 4.83. The lowest BCUT2D eigenvalue weighted by molar-refractivity contribution is 0.512. The fourth-order valence-electron chi connectivity index (χ4n) is 3.28. The minimum absolute atomic E-state index is 0.173. The van der Waals surface area contributed by atoms with Crippen molar-refractivity contribution < 1.29 is 0 Å². The summed E-state index contributed by atoms with van der Waals surface area (Å²) in [6.45, 7) is 4.50. The second-order valence-electron chi connectivity index (χ2n) is 6.88. The number of nitrogens with one attached hydrogen (secondary N) is 1. The van der Waals surface area contributed by atoms with Gasteiger partial charge in [0.1, 0.15) is 0 Å². The molecule has 0 fully saturated rings. The molecule has 0 radical (unpaired) electrons. The van der Waals surface area contributed by atoms with Gasteiger partial charge in [-0.1, -0.05) is 92.2 Å². The molecule has 0 saturated carbocycles. The van der Waals surface area contributed by atoms with Crippen LogP contribution in [0.5, 0.6) is 0 Å². The Labute approximate surface area is 168 Å². The van der Waals surface area contributed by atoms with Crippen LogP contribution in [0.4, 0.5) is 0 Å². The highest BCUT2D eigenvalue weighted by atomic mass is 32.2. The van der Waals surface area contributed by atoms with Crippen LogP contribution in [0, 0.1) is 0 Å². The Bertz CT molecular complexity index is 801. The lowest BCUT2D eigenvalue weighted by Gasteiger charge is -2.26. The van der Waals surface area contributed by atoms with Crippen molar-refractivity contribution in [2.45, 2.75) is 43.7 Å². The second-order valence-corrected chi connectivity index (χ2v) is 8.02. The van der Waals surface area contributed by atoms with Gasteiger partial charge in [0, 0.05) is 10.9 Å². The normalized spacial score (nSPS) is 13.3. The predicted molar refractivity (Wildman–Crippen MR) is 118 cm³/mol. The summed E-state index contributed by atoms with van der Waals surface area (Å²) in [5.74, 6) is 1.17. The maximum absolute atomic E-state index is 3.88. The zero-order valence-electron chi connectivity index (χ0n) is 16.3. The second kappa shape index (κ2) is 10.3. The number of hydrogen-bond donors (Lipinski definition) is 1. The fraction of sp³-hybridized carbons (Fsp3) is 0.280. The average Bonchev–Trinajstić information content (AvgIpc) is 2.74. The first-order valence-electron chi connectivity index (χ1n) is 9.87. The first kappa shape index (κ1) is 19.7. The third-order valence-corrected chi connectivity index (χ3v) is 6.01. The Morgan fingerprint density at radius 1 is 0.778 bits per heavy atom. The minimum Gasteiger partial charge on any atom is -0.300 e. The van der Waals surface area contributed by atoms with Crippen molar-refractivity contribution in [1.82, 2.24) is 5.32 Å².